The first-order valence-electron chi connectivity index (χ1n) is 7.44. The summed E-state index contributed by atoms with van der Waals surface area (Å²) in [5.41, 5.74) is 3.95. The van der Waals surface area contributed by atoms with Gasteiger partial charge in [-0.2, -0.15) is 0 Å². The summed E-state index contributed by atoms with van der Waals surface area (Å²) < 4.78 is 17.5. The highest BCUT2D eigenvalue weighted by Gasteiger charge is 2.54. The van der Waals surface area contributed by atoms with Crippen molar-refractivity contribution < 1.29 is 13.3 Å². The molecule has 114 valence electrons. The van der Waals surface area contributed by atoms with Crippen LogP contribution in [-0.4, -0.2) is 0 Å². The Bertz CT molecular complexity index is 747. The van der Waals surface area contributed by atoms with E-state index >= 15 is 0 Å². The fraction of sp³-hybridized carbons (Fsp3) is 0.0526. The SMILES string of the molecule is c1ccc(C[P+](c2ccco2)(c2ccco2)c2ccco2)cc1. The van der Waals surface area contributed by atoms with Gasteiger partial charge in [-0.05, 0) is 23.8 Å². The van der Waals surface area contributed by atoms with Crippen LogP contribution in [0.4, 0.5) is 0 Å². The summed E-state index contributed by atoms with van der Waals surface area (Å²) in [4.78, 5) is 0. The molecule has 1 aromatic carbocycles. The Morgan fingerprint density at radius 2 is 1.04 bits per heavy atom. The Kier molecular flexibility index (Phi) is 3.64. The molecular formula is C19H16O3P+. The van der Waals surface area contributed by atoms with Gasteiger partial charge in [-0.15, -0.1) is 0 Å². The van der Waals surface area contributed by atoms with Gasteiger partial charge < -0.3 is 13.3 Å². The summed E-state index contributed by atoms with van der Waals surface area (Å²) in [7, 11) is -2.13. The fourth-order valence-corrected chi connectivity index (χ4v) is 6.50. The zero-order chi connectivity index (χ0) is 15.5. The van der Waals surface area contributed by atoms with Gasteiger partial charge in [0.05, 0.1) is 18.8 Å². The van der Waals surface area contributed by atoms with Crippen LogP contribution in [0.3, 0.4) is 0 Å². The normalized spacial score (nSPS) is 11.7. The molecule has 3 aromatic heterocycles. The van der Waals surface area contributed by atoms with E-state index in [-0.39, 0.29) is 0 Å². The molecule has 0 saturated heterocycles. The molecule has 4 aromatic rings. The highest BCUT2D eigenvalue weighted by atomic mass is 31.2. The average molecular weight is 323 g/mol. The first kappa shape index (κ1) is 14.1. The van der Waals surface area contributed by atoms with Crippen LogP contribution < -0.4 is 16.5 Å². The van der Waals surface area contributed by atoms with E-state index in [0.29, 0.717) is 0 Å². The lowest BCUT2D eigenvalue weighted by Crippen LogP contribution is -2.30. The van der Waals surface area contributed by atoms with Crippen molar-refractivity contribution in [1.29, 1.82) is 0 Å². The summed E-state index contributed by atoms with van der Waals surface area (Å²) >= 11 is 0. The molecule has 0 N–H and O–H groups in total. The molecule has 0 fully saturated rings. The van der Waals surface area contributed by atoms with Crippen LogP contribution in [0, 0.1) is 0 Å². The van der Waals surface area contributed by atoms with Gasteiger partial charge in [-0.25, -0.2) is 0 Å². The molecule has 0 radical (unpaired) electrons. The lowest BCUT2D eigenvalue weighted by atomic mass is 10.2. The van der Waals surface area contributed by atoms with E-state index < -0.39 is 7.26 Å². The molecule has 23 heavy (non-hydrogen) atoms. The van der Waals surface area contributed by atoms with Gasteiger partial charge in [0, 0.05) is 18.2 Å². The minimum Gasteiger partial charge on any atom is -0.434 e. The Balaban J connectivity index is 1.95. The first-order chi connectivity index (χ1) is 11.4. The third-order valence-electron chi connectivity index (χ3n) is 3.91. The second-order valence-electron chi connectivity index (χ2n) is 5.31. The minimum atomic E-state index is -2.13. The molecule has 4 heteroatoms. The first-order valence-corrected chi connectivity index (χ1v) is 9.41. The summed E-state index contributed by atoms with van der Waals surface area (Å²) in [6.45, 7) is 0. The van der Waals surface area contributed by atoms with Crippen LogP contribution in [0.1, 0.15) is 5.56 Å². The minimum absolute atomic E-state index is 0.794. The summed E-state index contributed by atoms with van der Waals surface area (Å²) in [5.74, 6) is 0. The Labute approximate surface area is 134 Å². The van der Waals surface area contributed by atoms with Crippen LogP contribution in [0.25, 0.3) is 0 Å². The van der Waals surface area contributed by atoms with Gasteiger partial charge in [-0.1, -0.05) is 30.3 Å². The van der Waals surface area contributed by atoms with E-state index in [9.17, 15) is 0 Å². The maximum absolute atomic E-state index is 5.85. The number of furan rings is 3. The molecule has 0 aliphatic carbocycles. The second-order valence-corrected chi connectivity index (χ2v) is 8.57. The largest absolute Gasteiger partial charge is 0.434 e. The van der Waals surface area contributed by atoms with Crippen molar-refractivity contribution in [3.63, 3.8) is 0 Å². The maximum atomic E-state index is 5.85. The molecule has 0 aliphatic heterocycles. The summed E-state index contributed by atoms with van der Waals surface area (Å²) in [6.07, 6.45) is 5.92. The van der Waals surface area contributed by atoms with Crippen molar-refractivity contribution in [2.45, 2.75) is 6.16 Å². The van der Waals surface area contributed by atoms with Crippen molar-refractivity contribution in [3.05, 3.63) is 91.1 Å². The summed E-state index contributed by atoms with van der Waals surface area (Å²) in [6, 6.07) is 22.2. The molecule has 3 nitrogen and oxygen atoms in total. The zero-order valence-electron chi connectivity index (χ0n) is 12.5. The van der Waals surface area contributed by atoms with E-state index in [2.05, 4.69) is 24.3 Å². The molecule has 0 saturated carbocycles. The lowest BCUT2D eigenvalue weighted by molar-refractivity contribution is 0.580. The predicted molar refractivity (Wildman–Crippen MR) is 92.1 cm³/mol. The van der Waals surface area contributed by atoms with Crippen molar-refractivity contribution in [2.75, 3.05) is 0 Å². The van der Waals surface area contributed by atoms with Crippen LogP contribution in [0.5, 0.6) is 0 Å². The van der Waals surface area contributed by atoms with Crippen molar-refractivity contribution in [1.82, 2.24) is 0 Å². The third kappa shape index (κ3) is 2.43. The van der Waals surface area contributed by atoms with Gasteiger partial charge >= 0.3 is 0 Å². The topological polar surface area (TPSA) is 39.4 Å². The molecule has 0 aliphatic rings. The maximum Gasteiger partial charge on any atom is 0.263 e. The molecule has 0 spiro atoms. The van der Waals surface area contributed by atoms with Crippen molar-refractivity contribution in [3.8, 4) is 0 Å². The van der Waals surface area contributed by atoms with Crippen LogP contribution in [-0.2, 0) is 6.16 Å². The van der Waals surface area contributed by atoms with Gasteiger partial charge in [0.15, 0.2) is 0 Å². The quantitative estimate of drug-likeness (QED) is 0.522. The second kappa shape index (κ2) is 5.94. The van der Waals surface area contributed by atoms with E-state index in [0.717, 1.165) is 22.7 Å². The van der Waals surface area contributed by atoms with E-state index in [1.54, 1.807) is 18.8 Å². The predicted octanol–water partition coefficient (Wildman–Crippen LogP) is 3.96. The Hall–Kier alpha value is -2.51. The summed E-state index contributed by atoms with van der Waals surface area (Å²) in [5, 5.41) is 0. The highest BCUT2D eigenvalue weighted by Crippen LogP contribution is 2.58. The Morgan fingerprint density at radius 1 is 0.565 bits per heavy atom. The molecular weight excluding hydrogens is 307 g/mol. The van der Waals surface area contributed by atoms with E-state index in [4.69, 9.17) is 13.3 Å². The number of hydrogen-bond donors (Lipinski definition) is 0. The van der Waals surface area contributed by atoms with Crippen LogP contribution in [0.15, 0.2) is 98.8 Å². The average Bonchev–Trinajstić information content (AvgIpc) is 3.38. The Morgan fingerprint density at radius 3 is 1.43 bits per heavy atom. The molecule has 0 unspecified atom stereocenters. The molecule has 4 rings (SSSR count). The molecule has 0 atom stereocenters. The highest BCUT2D eigenvalue weighted by molar-refractivity contribution is 7.94. The molecule has 0 bridgehead atoms. The number of benzene rings is 1. The van der Waals surface area contributed by atoms with Gasteiger partial charge in [0.25, 0.3) is 16.5 Å². The fourth-order valence-electron chi connectivity index (χ4n) is 2.88. The standard InChI is InChI=1S/C19H16O3P/c1-2-7-16(8-3-1)15-23(17-9-4-12-20-17,18-10-5-13-21-18)19-11-6-14-22-19/h1-14H,15H2/q+1. The van der Waals surface area contributed by atoms with Crippen LogP contribution >= 0.6 is 7.26 Å². The van der Waals surface area contributed by atoms with Crippen LogP contribution in [0.2, 0.25) is 0 Å². The molecule has 0 amide bonds. The monoisotopic (exact) mass is 323 g/mol. The van der Waals surface area contributed by atoms with Gasteiger partial charge in [0.2, 0.25) is 7.26 Å². The smallest absolute Gasteiger partial charge is 0.263 e. The van der Waals surface area contributed by atoms with Crippen molar-refractivity contribution >= 4 is 23.8 Å². The zero-order valence-corrected chi connectivity index (χ0v) is 13.4. The van der Waals surface area contributed by atoms with Gasteiger partial charge in [-0.3, -0.25) is 0 Å². The third-order valence-corrected chi connectivity index (χ3v) is 7.77. The molecule has 3 heterocycles. The lowest BCUT2D eigenvalue weighted by Gasteiger charge is -2.19. The number of hydrogen-bond acceptors (Lipinski definition) is 3. The van der Waals surface area contributed by atoms with Crippen molar-refractivity contribution in [2.24, 2.45) is 0 Å². The van der Waals surface area contributed by atoms with E-state index in [1.807, 2.05) is 42.5 Å². The van der Waals surface area contributed by atoms with E-state index in [1.165, 1.54) is 5.56 Å². The number of rotatable bonds is 5. The van der Waals surface area contributed by atoms with Gasteiger partial charge in [0.1, 0.15) is 6.16 Å².